The van der Waals surface area contributed by atoms with Crippen LogP contribution in [0.25, 0.3) is 0 Å². The summed E-state index contributed by atoms with van der Waals surface area (Å²) < 4.78 is 0. The zero-order chi connectivity index (χ0) is 19.0. The van der Waals surface area contributed by atoms with Crippen molar-refractivity contribution in [3.8, 4) is 0 Å². The maximum Gasteiger partial charge on any atom is 0.279 e. The summed E-state index contributed by atoms with van der Waals surface area (Å²) in [6.07, 6.45) is 1.91. The highest BCUT2D eigenvalue weighted by atomic mass is 16.2. The summed E-state index contributed by atoms with van der Waals surface area (Å²) in [6.45, 7) is 12.4. The molecule has 5 heteroatoms. The van der Waals surface area contributed by atoms with Gasteiger partial charge in [0.2, 0.25) is 0 Å². The molecule has 1 atom stereocenters. The fourth-order valence-corrected chi connectivity index (χ4v) is 3.17. The molecule has 0 spiro atoms. The van der Waals surface area contributed by atoms with Crippen molar-refractivity contribution in [2.45, 2.75) is 47.5 Å². The van der Waals surface area contributed by atoms with Crippen molar-refractivity contribution in [2.75, 3.05) is 38.5 Å². The molecule has 1 rings (SSSR count). The van der Waals surface area contributed by atoms with E-state index in [9.17, 15) is 9.59 Å². The third kappa shape index (κ3) is 6.86. The number of rotatable bonds is 9. The van der Waals surface area contributed by atoms with E-state index in [2.05, 4.69) is 31.3 Å². The van der Waals surface area contributed by atoms with E-state index in [0.29, 0.717) is 6.54 Å². The fraction of sp³-hybridized carbons (Fsp3) is 0.600. The second-order valence-corrected chi connectivity index (χ2v) is 7.01. The first-order valence-electron chi connectivity index (χ1n) is 9.25. The molecule has 1 aromatic carbocycles. The van der Waals surface area contributed by atoms with Crippen LogP contribution in [0.15, 0.2) is 12.1 Å². The molecule has 5 nitrogen and oxygen atoms in total. The Morgan fingerprint density at radius 3 is 2.00 bits per heavy atom. The summed E-state index contributed by atoms with van der Waals surface area (Å²) in [7, 11) is 1.89. The molecule has 0 aliphatic rings. The Balaban J connectivity index is 2.61. The van der Waals surface area contributed by atoms with Crippen molar-refractivity contribution in [3.05, 3.63) is 28.8 Å². The van der Waals surface area contributed by atoms with Gasteiger partial charge in [-0.15, -0.1) is 0 Å². The standard InChI is InChI=1S/C20H33N3O2/c1-7-9-23(10-8-2)19(25)14-22(6)13-18(24)21-20-16(4)11-15(3)12-17(20)5/h11-12H,7-10,13-14H2,1-6H3,(H,21,24)/p+1. The van der Waals surface area contributed by atoms with Crippen LogP contribution < -0.4 is 10.2 Å². The molecule has 0 bridgehead atoms. The molecule has 25 heavy (non-hydrogen) atoms. The lowest BCUT2D eigenvalue weighted by Gasteiger charge is -2.23. The van der Waals surface area contributed by atoms with Gasteiger partial charge in [-0.2, -0.15) is 0 Å². The van der Waals surface area contributed by atoms with Gasteiger partial charge in [0, 0.05) is 18.8 Å². The van der Waals surface area contributed by atoms with Crippen molar-refractivity contribution >= 4 is 17.5 Å². The van der Waals surface area contributed by atoms with E-state index < -0.39 is 0 Å². The second-order valence-electron chi connectivity index (χ2n) is 7.01. The molecule has 0 saturated carbocycles. The van der Waals surface area contributed by atoms with Crippen LogP contribution in [-0.2, 0) is 9.59 Å². The number of carbonyl (C=O) groups is 2. The number of quaternary nitrogens is 1. The summed E-state index contributed by atoms with van der Waals surface area (Å²) >= 11 is 0. The molecule has 2 N–H and O–H groups in total. The maximum absolute atomic E-state index is 12.4. The fourth-order valence-electron chi connectivity index (χ4n) is 3.17. The molecular formula is C20H34N3O2+. The van der Waals surface area contributed by atoms with E-state index in [-0.39, 0.29) is 18.4 Å². The van der Waals surface area contributed by atoms with Gasteiger partial charge in [-0.3, -0.25) is 9.59 Å². The van der Waals surface area contributed by atoms with Crippen molar-refractivity contribution in [1.82, 2.24) is 4.90 Å². The molecule has 0 heterocycles. The third-order valence-electron chi connectivity index (χ3n) is 4.20. The zero-order valence-electron chi connectivity index (χ0n) is 16.7. The molecule has 0 fully saturated rings. The Morgan fingerprint density at radius 1 is 1.00 bits per heavy atom. The third-order valence-corrected chi connectivity index (χ3v) is 4.20. The van der Waals surface area contributed by atoms with E-state index in [0.717, 1.165) is 47.6 Å². The lowest BCUT2D eigenvalue weighted by molar-refractivity contribution is -0.862. The van der Waals surface area contributed by atoms with Crippen LogP contribution in [0.5, 0.6) is 0 Å². The summed E-state index contributed by atoms with van der Waals surface area (Å²) in [4.78, 5) is 27.6. The number of aryl methyl sites for hydroxylation is 3. The Morgan fingerprint density at radius 2 is 1.52 bits per heavy atom. The molecule has 0 aromatic heterocycles. The number of carbonyl (C=O) groups excluding carboxylic acids is 2. The Kier molecular flexibility index (Phi) is 8.62. The van der Waals surface area contributed by atoms with Gasteiger partial charge in [0.05, 0.1) is 7.05 Å². The molecule has 0 aliphatic carbocycles. The highest BCUT2D eigenvalue weighted by Crippen LogP contribution is 2.21. The van der Waals surface area contributed by atoms with Gasteiger partial charge in [0.15, 0.2) is 13.1 Å². The molecule has 0 saturated heterocycles. The van der Waals surface area contributed by atoms with Crippen LogP contribution in [0.3, 0.4) is 0 Å². The topological polar surface area (TPSA) is 53.9 Å². The monoisotopic (exact) mass is 348 g/mol. The van der Waals surface area contributed by atoms with E-state index in [4.69, 9.17) is 0 Å². The first-order valence-corrected chi connectivity index (χ1v) is 9.25. The van der Waals surface area contributed by atoms with Crippen LogP contribution in [0, 0.1) is 20.8 Å². The zero-order valence-corrected chi connectivity index (χ0v) is 16.7. The number of amides is 2. The summed E-state index contributed by atoms with van der Waals surface area (Å²) in [5.41, 5.74) is 4.20. The predicted molar refractivity (Wildman–Crippen MR) is 103 cm³/mol. The molecule has 140 valence electrons. The Hall–Kier alpha value is -1.88. The largest absolute Gasteiger partial charge is 0.338 e. The van der Waals surface area contributed by atoms with Gasteiger partial charge in [0.25, 0.3) is 11.8 Å². The summed E-state index contributed by atoms with van der Waals surface area (Å²) in [5, 5.41) is 3.00. The average molecular weight is 349 g/mol. The van der Waals surface area contributed by atoms with Crippen molar-refractivity contribution < 1.29 is 14.5 Å². The first kappa shape index (κ1) is 21.2. The SMILES string of the molecule is CCCN(CCC)C(=O)C[NH+](C)CC(=O)Nc1c(C)cc(C)cc1C. The van der Waals surface area contributed by atoms with E-state index >= 15 is 0 Å². The first-order chi connectivity index (χ1) is 11.8. The highest BCUT2D eigenvalue weighted by Gasteiger charge is 2.19. The van der Waals surface area contributed by atoms with Crippen LogP contribution in [0.4, 0.5) is 5.69 Å². The van der Waals surface area contributed by atoms with Crippen molar-refractivity contribution in [3.63, 3.8) is 0 Å². The van der Waals surface area contributed by atoms with E-state index in [1.807, 2.05) is 32.7 Å². The smallest absolute Gasteiger partial charge is 0.279 e. The molecule has 1 aromatic rings. The van der Waals surface area contributed by atoms with Gasteiger partial charge in [-0.25, -0.2) is 0 Å². The lowest BCUT2D eigenvalue weighted by Crippen LogP contribution is -3.11. The minimum Gasteiger partial charge on any atom is -0.338 e. The molecule has 2 amide bonds. The van der Waals surface area contributed by atoms with Gasteiger partial charge >= 0.3 is 0 Å². The average Bonchev–Trinajstić information content (AvgIpc) is 2.50. The number of anilines is 1. The lowest BCUT2D eigenvalue weighted by atomic mass is 10.1. The molecule has 1 unspecified atom stereocenters. The molecular weight excluding hydrogens is 314 g/mol. The van der Waals surface area contributed by atoms with Crippen molar-refractivity contribution in [1.29, 1.82) is 0 Å². The van der Waals surface area contributed by atoms with Gasteiger partial charge in [-0.05, 0) is 44.7 Å². The normalized spacial score (nSPS) is 11.9. The minimum absolute atomic E-state index is 0.0575. The number of benzene rings is 1. The van der Waals surface area contributed by atoms with E-state index in [1.165, 1.54) is 5.56 Å². The predicted octanol–water partition coefficient (Wildman–Crippen LogP) is 1.71. The van der Waals surface area contributed by atoms with Crippen LogP contribution in [0.1, 0.15) is 43.4 Å². The van der Waals surface area contributed by atoms with Gasteiger partial charge < -0.3 is 15.1 Å². The Labute approximate surface area is 152 Å². The molecule has 0 aliphatic heterocycles. The summed E-state index contributed by atoms with van der Waals surface area (Å²) in [5.74, 6) is 0.0644. The second kappa shape index (κ2) is 10.2. The molecule has 0 radical (unpaired) electrons. The van der Waals surface area contributed by atoms with Crippen LogP contribution in [0.2, 0.25) is 0 Å². The van der Waals surface area contributed by atoms with Crippen LogP contribution in [-0.4, -0.2) is 49.9 Å². The van der Waals surface area contributed by atoms with Gasteiger partial charge in [0.1, 0.15) is 0 Å². The van der Waals surface area contributed by atoms with E-state index in [1.54, 1.807) is 0 Å². The van der Waals surface area contributed by atoms with Crippen LogP contribution >= 0.6 is 0 Å². The van der Waals surface area contributed by atoms with Crippen molar-refractivity contribution in [2.24, 2.45) is 0 Å². The quantitative estimate of drug-likeness (QED) is 0.714. The number of nitrogens with one attached hydrogen (secondary N) is 2. The number of likely N-dealkylation sites (N-methyl/N-ethyl adjacent to an activating group) is 1. The number of hydrogen-bond acceptors (Lipinski definition) is 2. The van der Waals surface area contributed by atoms with Gasteiger partial charge in [-0.1, -0.05) is 31.5 Å². The summed E-state index contributed by atoms with van der Waals surface area (Å²) in [6, 6.07) is 4.13. The highest BCUT2D eigenvalue weighted by molar-refractivity contribution is 5.93. The maximum atomic E-state index is 12.4. The number of hydrogen-bond donors (Lipinski definition) is 2. The number of nitrogens with zero attached hydrogens (tertiary/aromatic N) is 1. The minimum atomic E-state index is -0.0575. The Bertz CT molecular complexity index is 570.